The monoisotopic (exact) mass is 546 g/mol. The Kier molecular flexibility index (Phi) is 7.60. The Bertz CT molecular complexity index is 1320. The molecule has 0 aromatic carbocycles. The van der Waals surface area contributed by atoms with Crippen LogP contribution in [0.1, 0.15) is 31.9 Å². The molecule has 1 aliphatic carbocycles. The summed E-state index contributed by atoms with van der Waals surface area (Å²) in [6.07, 6.45) is 7.24. The van der Waals surface area contributed by atoms with E-state index in [4.69, 9.17) is 4.74 Å². The number of piperazine rings is 1. The van der Waals surface area contributed by atoms with E-state index < -0.39 is 12.4 Å². The summed E-state index contributed by atoms with van der Waals surface area (Å²) in [6, 6.07) is -0.646. The van der Waals surface area contributed by atoms with Gasteiger partial charge in [-0.05, 0) is 31.9 Å². The Labute approximate surface area is 222 Å². The molecule has 4 heterocycles. The Hall–Kier alpha value is -3.87. The number of imidazole rings is 1. The van der Waals surface area contributed by atoms with Gasteiger partial charge in [-0.2, -0.15) is 0 Å². The molecule has 0 radical (unpaired) electrons. The van der Waals surface area contributed by atoms with E-state index in [0.717, 1.165) is 12.8 Å². The van der Waals surface area contributed by atoms with Gasteiger partial charge >= 0.3 is 6.36 Å². The third-order valence-corrected chi connectivity index (χ3v) is 6.85. The van der Waals surface area contributed by atoms with Gasteiger partial charge in [0.25, 0.3) is 5.91 Å². The number of rotatable bonds is 6. The lowest BCUT2D eigenvalue weighted by Crippen LogP contribution is -2.55. The van der Waals surface area contributed by atoms with Gasteiger partial charge in [-0.15, -0.1) is 13.2 Å². The average Bonchev–Trinajstić information content (AvgIpc) is 3.52. The van der Waals surface area contributed by atoms with Crippen molar-refractivity contribution < 1.29 is 32.2 Å². The molecule has 39 heavy (non-hydrogen) atoms. The largest absolute Gasteiger partial charge is 0.572 e. The van der Waals surface area contributed by atoms with Crippen LogP contribution in [0.5, 0.6) is 0 Å². The second kappa shape index (κ2) is 11.1. The highest BCUT2D eigenvalue weighted by atomic mass is 19.4. The lowest BCUT2D eigenvalue weighted by atomic mass is 10.1. The van der Waals surface area contributed by atoms with Crippen molar-refractivity contribution in [1.82, 2.24) is 24.2 Å². The number of nitrogens with one attached hydrogen (secondary N) is 1. The van der Waals surface area contributed by atoms with Crippen molar-refractivity contribution in [2.24, 2.45) is 0 Å². The van der Waals surface area contributed by atoms with Crippen molar-refractivity contribution in [2.75, 3.05) is 38.1 Å². The van der Waals surface area contributed by atoms with Gasteiger partial charge in [0, 0.05) is 57.2 Å². The maximum absolute atomic E-state index is 13.3. The highest BCUT2D eigenvalue weighted by Gasteiger charge is 2.33. The van der Waals surface area contributed by atoms with Gasteiger partial charge < -0.3 is 24.6 Å². The summed E-state index contributed by atoms with van der Waals surface area (Å²) in [7, 11) is 0. The summed E-state index contributed by atoms with van der Waals surface area (Å²) in [5, 5.41) is 3.25. The maximum Gasteiger partial charge on any atom is 0.572 e. The molecule has 0 saturated carbocycles. The standard InChI is InChI=1S/C26H29F3N6O4/c1-17(24(36)33-11-13-34(14-12-33)25(37)20-6-3-15-38-20)31-23-22(32-21-16-30-9-10-35(21)23)18-4-2-5-19(8-7-18)39-26(27,28)29/h2,4,7-10,16-17,20,31H,3,5-6,11-15H2,1H3. The lowest BCUT2D eigenvalue weighted by molar-refractivity contribution is -0.305. The van der Waals surface area contributed by atoms with Crippen molar-refractivity contribution in [3.63, 3.8) is 0 Å². The van der Waals surface area contributed by atoms with Crippen molar-refractivity contribution >= 4 is 28.9 Å². The van der Waals surface area contributed by atoms with Gasteiger partial charge in [0.15, 0.2) is 5.65 Å². The Morgan fingerprint density at radius 3 is 2.67 bits per heavy atom. The maximum atomic E-state index is 13.3. The molecule has 0 spiro atoms. The van der Waals surface area contributed by atoms with Crippen LogP contribution in [0, 0.1) is 0 Å². The van der Waals surface area contributed by atoms with Crippen LogP contribution in [0.2, 0.25) is 0 Å². The van der Waals surface area contributed by atoms with E-state index in [9.17, 15) is 22.8 Å². The number of carbonyl (C=O) groups excluding carboxylic acids is 2. The van der Waals surface area contributed by atoms with Crippen LogP contribution < -0.4 is 5.32 Å². The van der Waals surface area contributed by atoms with Crippen LogP contribution in [-0.4, -0.2) is 87.3 Å². The number of hydrogen-bond acceptors (Lipinski definition) is 7. The van der Waals surface area contributed by atoms with Gasteiger partial charge in [0.1, 0.15) is 29.4 Å². The van der Waals surface area contributed by atoms with Gasteiger partial charge in [0.05, 0.1) is 6.20 Å². The molecule has 1 N–H and O–H groups in total. The minimum atomic E-state index is -4.78. The highest BCUT2D eigenvalue weighted by molar-refractivity contribution is 5.88. The normalized spacial score (nSPS) is 20.9. The SMILES string of the molecule is CC(Nc1c(C2=CC=C(OC(F)(F)F)CC=C2)nc2cnccn12)C(=O)N1CCN(C(=O)C2CCCO2)CC1. The molecule has 3 aliphatic rings. The first-order valence-electron chi connectivity index (χ1n) is 12.8. The summed E-state index contributed by atoms with van der Waals surface area (Å²) >= 11 is 0. The molecule has 2 amide bonds. The molecule has 10 nitrogen and oxygen atoms in total. The number of carbonyl (C=O) groups is 2. The molecular formula is C26H29F3N6O4. The molecule has 2 aromatic heterocycles. The number of allylic oxidation sites excluding steroid dienone is 5. The average molecular weight is 547 g/mol. The zero-order chi connectivity index (χ0) is 27.6. The van der Waals surface area contributed by atoms with Gasteiger partial charge in [0.2, 0.25) is 5.91 Å². The van der Waals surface area contributed by atoms with Crippen molar-refractivity contribution in [1.29, 1.82) is 0 Å². The van der Waals surface area contributed by atoms with Crippen molar-refractivity contribution in [2.45, 2.75) is 44.7 Å². The fourth-order valence-electron chi connectivity index (χ4n) is 4.90. The number of nitrogens with zero attached hydrogens (tertiary/aromatic N) is 5. The van der Waals surface area contributed by atoms with Crippen molar-refractivity contribution in [3.05, 3.63) is 54.3 Å². The third-order valence-electron chi connectivity index (χ3n) is 6.85. The van der Waals surface area contributed by atoms with E-state index in [2.05, 4.69) is 20.0 Å². The topological polar surface area (TPSA) is 101 Å². The predicted molar refractivity (Wildman–Crippen MR) is 135 cm³/mol. The Morgan fingerprint density at radius 1 is 1.18 bits per heavy atom. The first kappa shape index (κ1) is 26.7. The smallest absolute Gasteiger partial charge is 0.410 e. The van der Waals surface area contributed by atoms with E-state index >= 15 is 0 Å². The van der Waals surface area contributed by atoms with E-state index in [1.54, 1.807) is 51.9 Å². The molecule has 2 fully saturated rings. The molecule has 13 heteroatoms. The van der Waals surface area contributed by atoms with Crippen LogP contribution in [0.25, 0.3) is 11.2 Å². The molecule has 2 aromatic rings. The first-order valence-corrected chi connectivity index (χ1v) is 12.8. The van der Waals surface area contributed by atoms with Crippen LogP contribution in [0.3, 0.4) is 0 Å². The second-order valence-corrected chi connectivity index (χ2v) is 9.54. The van der Waals surface area contributed by atoms with E-state index in [1.165, 1.54) is 12.2 Å². The van der Waals surface area contributed by atoms with E-state index in [0.29, 0.717) is 55.5 Å². The van der Waals surface area contributed by atoms with Gasteiger partial charge in [-0.1, -0.05) is 12.2 Å². The lowest BCUT2D eigenvalue weighted by Gasteiger charge is -2.37. The Morgan fingerprint density at radius 2 is 1.95 bits per heavy atom. The summed E-state index contributed by atoms with van der Waals surface area (Å²) in [6.45, 7) is 4.04. The minimum Gasteiger partial charge on any atom is -0.410 e. The molecule has 0 bridgehead atoms. The number of ether oxygens (including phenoxy) is 2. The number of halogens is 3. The molecule has 2 unspecified atom stereocenters. The van der Waals surface area contributed by atoms with Crippen LogP contribution in [0.4, 0.5) is 19.0 Å². The number of alkyl halides is 3. The molecular weight excluding hydrogens is 517 g/mol. The molecule has 5 rings (SSSR count). The zero-order valence-corrected chi connectivity index (χ0v) is 21.4. The van der Waals surface area contributed by atoms with Gasteiger partial charge in [-0.25, -0.2) is 4.98 Å². The summed E-state index contributed by atoms with van der Waals surface area (Å²) in [5.74, 6) is 0.108. The zero-order valence-electron chi connectivity index (χ0n) is 21.4. The summed E-state index contributed by atoms with van der Waals surface area (Å²) in [5.41, 5.74) is 1.50. The molecule has 2 atom stereocenters. The first-order chi connectivity index (χ1) is 18.7. The summed E-state index contributed by atoms with van der Waals surface area (Å²) < 4.78 is 49.4. The number of amides is 2. The number of anilines is 1. The van der Waals surface area contributed by atoms with E-state index in [1.807, 2.05) is 0 Å². The summed E-state index contributed by atoms with van der Waals surface area (Å²) in [4.78, 5) is 38.2. The molecule has 208 valence electrons. The predicted octanol–water partition coefficient (Wildman–Crippen LogP) is 3.14. The fourth-order valence-corrected chi connectivity index (χ4v) is 4.90. The van der Waals surface area contributed by atoms with Crippen LogP contribution >= 0.6 is 0 Å². The molecule has 2 saturated heterocycles. The third kappa shape index (κ3) is 6.08. The van der Waals surface area contributed by atoms with Gasteiger partial charge in [-0.3, -0.25) is 19.0 Å². The van der Waals surface area contributed by atoms with Crippen LogP contribution in [-0.2, 0) is 19.1 Å². The fraction of sp³-hybridized carbons (Fsp3) is 0.462. The minimum absolute atomic E-state index is 0.0164. The highest BCUT2D eigenvalue weighted by Crippen LogP contribution is 2.30. The van der Waals surface area contributed by atoms with Crippen LogP contribution in [0.15, 0.2) is 48.7 Å². The number of aromatic nitrogens is 3. The number of fused-ring (bicyclic) bond motifs is 1. The Balaban J connectivity index is 1.31. The quantitative estimate of drug-likeness (QED) is 0.594. The molecule has 2 aliphatic heterocycles. The second-order valence-electron chi connectivity index (χ2n) is 9.54. The number of hydrogen-bond donors (Lipinski definition) is 1. The van der Waals surface area contributed by atoms with Crippen molar-refractivity contribution in [3.8, 4) is 0 Å². The van der Waals surface area contributed by atoms with E-state index in [-0.39, 0.29) is 30.1 Å².